The van der Waals surface area contributed by atoms with E-state index in [1.54, 1.807) is 83.7 Å². The van der Waals surface area contributed by atoms with Crippen LogP contribution < -0.4 is 21.3 Å². The van der Waals surface area contributed by atoms with Gasteiger partial charge in [-0.2, -0.15) is 0 Å². The SMILES string of the molecule is COC(=O)[C@H](C)NC(=O)[C@H](Cc1cccnc1)NC(=O)[C@@H](NC(=O)[C@H](Cc1cccnc1)NC(=O)OC(C)(C)C)C(C)C. The van der Waals surface area contributed by atoms with Crippen molar-refractivity contribution >= 4 is 29.8 Å². The third-order valence-corrected chi connectivity index (χ3v) is 6.13. The highest BCUT2D eigenvalue weighted by atomic mass is 16.6. The summed E-state index contributed by atoms with van der Waals surface area (Å²) in [6.45, 7) is 10.0. The summed E-state index contributed by atoms with van der Waals surface area (Å²) < 4.78 is 10.0. The van der Waals surface area contributed by atoms with Crippen molar-refractivity contribution in [2.45, 2.75) is 84.2 Å². The minimum Gasteiger partial charge on any atom is -0.467 e. The van der Waals surface area contributed by atoms with Gasteiger partial charge in [-0.05, 0) is 56.9 Å². The van der Waals surface area contributed by atoms with Crippen LogP contribution in [-0.2, 0) is 41.5 Å². The Bertz CT molecular complexity index is 1230. The third kappa shape index (κ3) is 12.1. The monoisotopic (exact) mass is 598 g/mol. The number of hydrogen-bond acceptors (Lipinski definition) is 9. The first-order valence-electron chi connectivity index (χ1n) is 14.0. The number of alkyl carbamates (subject to hydrolysis) is 1. The van der Waals surface area contributed by atoms with Gasteiger partial charge in [-0.1, -0.05) is 26.0 Å². The number of ether oxygens (including phenoxy) is 2. The van der Waals surface area contributed by atoms with Gasteiger partial charge in [0.15, 0.2) is 0 Å². The van der Waals surface area contributed by atoms with E-state index in [9.17, 15) is 24.0 Å². The maximum Gasteiger partial charge on any atom is 0.408 e. The van der Waals surface area contributed by atoms with E-state index in [0.29, 0.717) is 11.1 Å². The Hall–Kier alpha value is -4.55. The normalized spacial score (nSPS) is 14.0. The van der Waals surface area contributed by atoms with Gasteiger partial charge >= 0.3 is 12.1 Å². The first-order valence-corrected chi connectivity index (χ1v) is 14.0. The Morgan fingerprint density at radius 3 is 1.72 bits per heavy atom. The summed E-state index contributed by atoms with van der Waals surface area (Å²) in [5, 5.41) is 10.6. The number of esters is 1. The molecule has 2 aromatic rings. The van der Waals surface area contributed by atoms with Gasteiger partial charge in [0.1, 0.15) is 29.8 Å². The standard InChI is InChI=1S/C30H42N6O7/c1-18(2)24(36-26(38)23(15-21-11-9-13-32-17-21)35-29(41)43-30(4,5)6)27(39)34-22(14-20-10-8-12-31-16-20)25(37)33-19(3)28(40)42-7/h8-13,16-19,22-24H,14-15H2,1-7H3,(H,33,37)(H,34,39)(H,35,41)(H,36,38)/t19-,22-,23-,24-/m0/s1. The zero-order valence-corrected chi connectivity index (χ0v) is 25.7. The molecule has 43 heavy (non-hydrogen) atoms. The lowest BCUT2D eigenvalue weighted by Gasteiger charge is -2.28. The number of amides is 4. The number of carbonyl (C=O) groups is 5. The van der Waals surface area contributed by atoms with E-state index in [4.69, 9.17) is 4.74 Å². The fourth-order valence-electron chi connectivity index (χ4n) is 3.98. The third-order valence-electron chi connectivity index (χ3n) is 6.13. The zero-order chi connectivity index (χ0) is 32.2. The van der Waals surface area contributed by atoms with Crippen LogP contribution in [0.5, 0.6) is 0 Å². The number of methoxy groups -OCH3 is 1. The molecule has 0 aliphatic carbocycles. The number of aromatic nitrogens is 2. The Morgan fingerprint density at radius 1 is 0.767 bits per heavy atom. The summed E-state index contributed by atoms with van der Waals surface area (Å²) in [5.41, 5.74) is 0.545. The molecular weight excluding hydrogens is 556 g/mol. The maximum absolute atomic E-state index is 13.6. The fourth-order valence-corrected chi connectivity index (χ4v) is 3.98. The first kappa shape index (κ1) is 34.7. The molecule has 0 saturated heterocycles. The zero-order valence-electron chi connectivity index (χ0n) is 25.7. The van der Waals surface area contributed by atoms with Gasteiger partial charge in [-0.15, -0.1) is 0 Å². The van der Waals surface area contributed by atoms with Crippen LogP contribution in [0.4, 0.5) is 4.79 Å². The smallest absolute Gasteiger partial charge is 0.408 e. The van der Waals surface area contributed by atoms with Crippen molar-refractivity contribution in [1.29, 1.82) is 0 Å². The van der Waals surface area contributed by atoms with Gasteiger partial charge in [0.2, 0.25) is 17.7 Å². The summed E-state index contributed by atoms with van der Waals surface area (Å²) in [4.78, 5) is 72.8. The summed E-state index contributed by atoms with van der Waals surface area (Å²) >= 11 is 0. The lowest BCUT2D eigenvalue weighted by molar-refractivity contribution is -0.144. The van der Waals surface area contributed by atoms with Crippen LogP contribution in [0.25, 0.3) is 0 Å². The molecular formula is C30H42N6O7. The maximum atomic E-state index is 13.6. The van der Waals surface area contributed by atoms with Crippen molar-refractivity contribution < 1.29 is 33.4 Å². The molecule has 13 heteroatoms. The van der Waals surface area contributed by atoms with Crippen molar-refractivity contribution in [3.8, 4) is 0 Å². The first-order chi connectivity index (χ1) is 20.2. The van der Waals surface area contributed by atoms with Crippen LogP contribution in [0.3, 0.4) is 0 Å². The molecule has 13 nitrogen and oxygen atoms in total. The highest BCUT2D eigenvalue weighted by Crippen LogP contribution is 2.11. The minimum atomic E-state index is -1.10. The Kier molecular flexibility index (Phi) is 13.0. The number of nitrogens with zero attached hydrogens (tertiary/aromatic N) is 2. The second kappa shape index (κ2) is 16.2. The van der Waals surface area contributed by atoms with Gasteiger partial charge in [0.25, 0.3) is 0 Å². The second-order valence-electron chi connectivity index (χ2n) is 11.4. The summed E-state index contributed by atoms with van der Waals surface area (Å²) in [7, 11) is 1.20. The summed E-state index contributed by atoms with van der Waals surface area (Å²) in [6.07, 6.45) is 5.65. The van der Waals surface area contributed by atoms with E-state index < -0.39 is 65.5 Å². The molecule has 0 fully saturated rings. The van der Waals surface area contributed by atoms with Crippen molar-refractivity contribution in [2.24, 2.45) is 5.92 Å². The molecule has 4 amide bonds. The van der Waals surface area contributed by atoms with Crippen LogP contribution in [0.1, 0.15) is 52.7 Å². The number of nitrogens with one attached hydrogen (secondary N) is 4. The average molecular weight is 599 g/mol. The van der Waals surface area contributed by atoms with Crippen molar-refractivity contribution in [3.63, 3.8) is 0 Å². The van der Waals surface area contributed by atoms with E-state index in [-0.39, 0.29) is 12.8 Å². The molecule has 4 N–H and O–H groups in total. The van der Waals surface area contributed by atoms with E-state index in [1.165, 1.54) is 14.0 Å². The number of rotatable bonds is 13. The number of pyridine rings is 2. The van der Waals surface area contributed by atoms with E-state index in [1.807, 2.05) is 0 Å². The molecule has 2 rings (SSSR count). The van der Waals surface area contributed by atoms with E-state index >= 15 is 0 Å². The largest absolute Gasteiger partial charge is 0.467 e. The van der Waals surface area contributed by atoms with Crippen LogP contribution in [-0.4, -0.2) is 76.6 Å². The average Bonchev–Trinajstić information content (AvgIpc) is 2.94. The van der Waals surface area contributed by atoms with Crippen LogP contribution in [0, 0.1) is 5.92 Å². The van der Waals surface area contributed by atoms with Gasteiger partial charge in [-0.3, -0.25) is 24.4 Å². The van der Waals surface area contributed by atoms with Crippen LogP contribution in [0.2, 0.25) is 0 Å². The second-order valence-corrected chi connectivity index (χ2v) is 11.4. The van der Waals surface area contributed by atoms with Crippen LogP contribution >= 0.6 is 0 Å². The van der Waals surface area contributed by atoms with E-state index in [2.05, 4.69) is 36.0 Å². The summed E-state index contributed by atoms with van der Waals surface area (Å²) in [5.74, 6) is -2.93. The molecule has 0 radical (unpaired) electrons. The highest BCUT2D eigenvalue weighted by molar-refractivity contribution is 5.95. The van der Waals surface area contributed by atoms with E-state index in [0.717, 1.165) is 0 Å². The van der Waals surface area contributed by atoms with Crippen molar-refractivity contribution in [1.82, 2.24) is 31.2 Å². The van der Waals surface area contributed by atoms with Gasteiger partial charge in [0.05, 0.1) is 7.11 Å². The Morgan fingerprint density at radius 2 is 1.28 bits per heavy atom. The predicted molar refractivity (Wildman–Crippen MR) is 157 cm³/mol. The molecule has 2 heterocycles. The molecule has 0 aromatic carbocycles. The molecule has 0 bridgehead atoms. The van der Waals surface area contributed by atoms with Crippen molar-refractivity contribution in [3.05, 3.63) is 60.2 Å². The topological polar surface area (TPSA) is 178 Å². The predicted octanol–water partition coefficient (Wildman–Crippen LogP) is 1.46. The lowest BCUT2D eigenvalue weighted by Crippen LogP contribution is -2.59. The van der Waals surface area contributed by atoms with Crippen molar-refractivity contribution in [2.75, 3.05) is 7.11 Å². The number of hydrogen-bond donors (Lipinski definition) is 4. The molecule has 2 aromatic heterocycles. The van der Waals surface area contributed by atoms with Gasteiger partial charge < -0.3 is 30.7 Å². The Balaban J connectivity index is 2.26. The van der Waals surface area contributed by atoms with Crippen LogP contribution in [0.15, 0.2) is 49.1 Å². The van der Waals surface area contributed by atoms with Gasteiger partial charge in [0, 0.05) is 37.6 Å². The number of carbonyl (C=O) groups excluding carboxylic acids is 5. The van der Waals surface area contributed by atoms with Gasteiger partial charge in [-0.25, -0.2) is 9.59 Å². The highest BCUT2D eigenvalue weighted by Gasteiger charge is 2.33. The molecule has 4 atom stereocenters. The molecule has 0 spiro atoms. The quantitative estimate of drug-likeness (QED) is 0.249. The molecule has 0 saturated carbocycles. The molecule has 234 valence electrons. The fraction of sp³-hybridized carbons (Fsp3) is 0.500. The summed E-state index contributed by atoms with van der Waals surface area (Å²) in [6, 6.07) is 2.67. The Labute approximate surface area is 251 Å². The molecule has 0 aliphatic rings. The minimum absolute atomic E-state index is 0.0713. The molecule has 0 aliphatic heterocycles. The lowest BCUT2D eigenvalue weighted by atomic mass is 10.00. The molecule has 0 unspecified atom stereocenters.